The van der Waals surface area contributed by atoms with Crippen molar-refractivity contribution in [3.8, 4) is 5.75 Å². The number of methoxy groups -OCH3 is 1. The summed E-state index contributed by atoms with van der Waals surface area (Å²) in [6.45, 7) is 3.89. The Morgan fingerprint density at radius 1 is 1.15 bits per heavy atom. The molecule has 26 heavy (non-hydrogen) atoms. The average molecular weight is 351 g/mol. The summed E-state index contributed by atoms with van der Waals surface area (Å²) in [5.41, 5.74) is 6.54. The summed E-state index contributed by atoms with van der Waals surface area (Å²) in [5.74, 6) is 0.117. The first-order chi connectivity index (χ1) is 12.5. The van der Waals surface area contributed by atoms with Crippen molar-refractivity contribution in [2.75, 3.05) is 17.4 Å². The van der Waals surface area contributed by atoms with E-state index in [4.69, 9.17) is 4.74 Å². The Labute approximate surface area is 152 Å². The lowest BCUT2D eigenvalue weighted by Crippen LogP contribution is -2.47. The average Bonchev–Trinajstić information content (AvgIpc) is 2.62. The summed E-state index contributed by atoms with van der Waals surface area (Å²) in [4.78, 5) is 24.9. The molecule has 1 aliphatic rings. The van der Waals surface area contributed by atoms with E-state index in [1.165, 1.54) is 5.01 Å². The van der Waals surface area contributed by atoms with Crippen LogP contribution in [0.1, 0.15) is 17.5 Å². The van der Waals surface area contributed by atoms with Crippen LogP contribution in [-0.4, -0.2) is 18.9 Å². The molecule has 1 heterocycles. The molecule has 0 bridgehead atoms. The lowest BCUT2D eigenvalue weighted by molar-refractivity contribution is -0.119. The molecule has 3 rings (SSSR count). The van der Waals surface area contributed by atoms with Crippen molar-refractivity contribution in [1.29, 1.82) is 0 Å². The molecule has 2 N–H and O–H groups in total. The van der Waals surface area contributed by atoms with Crippen molar-refractivity contribution in [3.05, 3.63) is 65.4 Å². The summed E-state index contributed by atoms with van der Waals surface area (Å²) in [7, 11) is 1.55. The monoisotopic (exact) mass is 351 g/mol. The van der Waals surface area contributed by atoms with Crippen LogP contribution in [0, 0.1) is 13.8 Å². The minimum absolute atomic E-state index is 0.125. The van der Waals surface area contributed by atoms with Gasteiger partial charge in [0.05, 0.1) is 18.5 Å². The molecule has 0 saturated heterocycles. The number of benzene rings is 2. The van der Waals surface area contributed by atoms with E-state index >= 15 is 0 Å². The predicted octanol–water partition coefficient (Wildman–Crippen LogP) is 3.08. The van der Waals surface area contributed by atoms with Crippen molar-refractivity contribution in [2.45, 2.75) is 20.3 Å². The van der Waals surface area contributed by atoms with E-state index in [9.17, 15) is 9.59 Å². The van der Waals surface area contributed by atoms with Crippen LogP contribution in [0.4, 0.5) is 11.4 Å². The summed E-state index contributed by atoms with van der Waals surface area (Å²) in [6.07, 6.45) is 1.74. The van der Waals surface area contributed by atoms with Crippen LogP contribution in [0.3, 0.4) is 0 Å². The van der Waals surface area contributed by atoms with Crippen molar-refractivity contribution in [2.24, 2.45) is 0 Å². The number of hydrogen-bond donors (Lipinski definition) is 2. The molecule has 0 aromatic heterocycles. The normalized spacial score (nSPS) is 13.7. The molecule has 0 atom stereocenters. The first-order valence-corrected chi connectivity index (χ1v) is 8.30. The second-order valence-electron chi connectivity index (χ2n) is 6.16. The fourth-order valence-corrected chi connectivity index (χ4v) is 2.74. The van der Waals surface area contributed by atoms with Gasteiger partial charge in [0.15, 0.2) is 0 Å². The lowest BCUT2D eigenvalue weighted by Gasteiger charge is -2.28. The summed E-state index contributed by atoms with van der Waals surface area (Å²) >= 11 is 0. The van der Waals surface area contributed by atoms with Gasteiger partial charge in [-0.3, -0.25) is 15.0 Å². The van der Waals surface area contributed by atoms with Gasteiger partial charge in [0.1, 0.15) is 11.4 Å². The molecule has 2 aromatic rings. The third-order valence-electron chi connectivity index (χ3n) is 4.07. The minimum Gasteiger partial charge on any atom is -0.495 e. The van der Waals surface area contributed by atoms with Gasteiger partial charge in [0.25, 0.3) is 5.91 Å². The molecular formula is C20H21N3O3. The van der Waals surface area contributed by atoms with Crippen molar-refractivity contribution < 1.29 is 14.3 Å². The predicted molar refractivity (Wildman–Crippen MR) is 101 cm³/mol. The Morgan fingerprint density at radius 3 is 2.65 bits per heavy atom. The van der Waals surface area contributed by atoms with Crippen molar-refractivity contribution >= 4 is 23.2 Å². The van der Waals surface area contributed by atoms with Gasteiger partial charge >= 0.3 is 0 Å². The molecule has 2 amide bonds. The largest absolute Gasteiger partial charge is 0.495 e. The van der Waals surface area contributed by atoms with E-state index in [1.54, 1.807) is 19.3 Å². The molecule has 0 saturated carbocycles. The fourth-order valence-electron chi connectivity index (χ4n) is 2.74. The molecule has 0 aliphatic carbocycles. The second kappa shape index (κ2) is 7.31. The number of hydrazine groups is 1. The minimum atomic E-state index is -0.334. The number of ether oxygens (including phenoxy) is 1. The van der Waals surface area contributed by atoms with E-state index in [2.05, 4.69) is 10.7 Å². The Hall–Kier alpha value is -3.28. The summed E-state index contributed by atoms with van der Waals surface area (Å²) < 4.78 is 5.29. The molecule has 1 aliphatic heterocycles. The number of carbonyl (C=O) groups is 2. The maximum absolute atomic E-state index is 12.7. The fraction of sp³-hybridized carbons (Fsp3) is 0.200. The molecule has 6 heteroatoms. The Balaban J connectivity index is 1.80. The first-order valence-electron chi connectivity index (χ1n) is 8.30. The van der Waals surface area contributed by atoms with Gasteiger partial charge < -0.3 is 10.1 Å². The number of aryl methyl sites for hydroxylation is 2. The zero-order valence-corrected chi connectivity index (χ0v) is 15.0. The molecule has 134 valence electrons. The van der Waals surface area contributed by atoms with Crippen LogP contribution in [0.15, 0.2) is 54.2 Å². The van der Waals surface area contributed by atoms with E-state index in [0.717, 1.165) is 11.1 Å². The standard InChI is InChI=1S/C20H21N3O3/c1-13-5-4-6-15(11-13)23-19(24)10-8-16(22-23)20(25)21-17-12-14(2)7-9-18(17)26-3/h4-9,11-12,22H,10H2,1-3H3,(H,21,25). The SMILES string of the molecule is COc1ccc(C)cc1NC(=O)C1=CCC(=O)N(c2cccc(C)c2)N1. The van der Waals surface area contributed by atoms with E-state index in [0.29, 0.717) is 22.8 Å². The number of anilines is 2. The Morgan fingerprint density at radius 2 is 1.92 bits per heavy atom. The van der Waals surface area contributed by atoms with Crippen LogP contribution in [0.25, 0.3) is 0 Å². The molecule has 0 fully saturated rings. The molecule has 0 spiro atoms. The maximum Gasteiger partial charge on any atom is 0.273 e. The molecule has 6 nitrogen and oxygen atoms in total. The highest BCUT2D eigenvalue weighted by Crippen LogP contribution is 2.26. The third-order valence-corrected chi connectivity index (χ3v) is 4.07. The van der Waals surface area contributed by atoms with Crippen molar-refractivity contribution in [3.63, 3.8) is 0 Å². The highest BCUT2D eigenvalue weighted by molar-refractivity contribution is 6.07. The number of rotatable bonds is 4. The topological polar surface area (TPSA) is 70.7 Å². The van der Waals surface area contributed by atoms with E-state index in [-0.39, 0.29) is 18.2 Å². The molecule has 0 unspecified atom stereocenters. The summed E-state index contributed by atoms with van der Waals surface area (Å²) in [5, 5.41) is 4.24. The highest BCUT2D eigenvalue weighted by atomic mass is 16.5. The first kappa shape index (κ1) is 17.5. The van der Waals surface area contributed by atoms with Gasteiger partial charge in [0, 0.05) is 6.42 Å². The molecule has 0 radical (unpaired) electrons. The number of carbonyl (C=O) groups excluding carboxylic acids is 2. The van der Waals surface area contributed by atoms with Crippen LogP contribution in [0.5, 0.6) is 5.75 Å². The number of nitrogens with zero attached hydrogens (tertiary/aromatic N) is 1. The Kier molecular flexibility index (Phi) is 4.93. The van der Waals surface area contributed by atoms with Crippen LogP contribution < -0.4 is 20.5 Å². The van der Waals surface area contributed by atoms with Gasteiger partial charge in [-0.25, -0.2) is 5.01 Å². The maximum atomic E-state index is 12.7. The second-order valence-corrected chi connectivity index (χ2v) is 6.16. The highest BCUT2D eigenvalue weighted by Gasteiger charge is 2.24. The van der Waals surface area contributed by atoms with Gasteiger partial charge in [-0.1, -0.05) is 18.2 Å². The smallest absolute Gasteiger partial charge is 0.273 e. The van der Waals surface area contributed by atoms with Crippen LogP contribution in [0.2, 0.25) is 0 Å². The summed E-state index contributed by atoms with van der Waals surface area (Å²) in [6, 6.07) is 13.1. The Bertz CT molecular complexity index is 890. The lowest BCUT2D eigenvalue weighted by atomic mass is 10.2. The van der Waals surface area contributed by atoms with E-state index in [1.807, 2.05) is 50.2 Å². The number of nitrogens with one attached hydrogen (secondary N) is 2. The van der Waals surface area contributed by atoms with Crippen LogP contribution in [-0.2, 0) is 9.59 Å². The van der Waals surface area contributed by atoms with Gasteiger partial charge in [-0.05, 0) is 55.3 Å². The molecule has 2 aromatic carbocycles. The van der Waals surface area contributed by atoms with Crippen LogP contribution >= 0.6 is 0 Å². The van der Waals surface area contributed by atoms with Gasteiger partial charge in [0.2, 0.25) is 5.91 Å². The zero-order valence-electron chi connectivity index (χ0n) is 15.0. The third kappa shape index (κ3) is 3.69. The quantitative estimate of drug-likeness (QED) is 0.888. The van der Waals surface area contributed by atoms with Gasteiger partial charge in [-0.15, -0.1) is 0 Å². The number of amides is 2. The van der Waals surface area contributed by atoms with Crippen molar-refractivity contribution in [1.82, 2.24) is 5.43 Å². The van der Waals surface area contributed by atoms with E-state index < -0.39 is 0 Å². The van der Waals surface area contributed by atoms with Gasteiger partial charge in [-0.2, -0.15) is 0 Å². The zero-order chi connectivity index (χ0) is 18.7. The molecular weight excluding hydrogens is 330 g/mol. The number of hydrogen-bond acceptors (Lipinski definition) is 4.